The van der Waals surface area contributed by atoms with Crippen LogP contribution >= 0.6 is 11.6 Å². The Balaban J connectivity index is 1.20. The Labute approximate surface area is 220 Å². The van der Waals surface area contributed by atoms with E-state index in [0.29, 0.717) is 30.0 Å². The summed E-state index contributed by atoms with van der Waals surface area (Å²) in [6.45, 7) is 6.10. The number of hydrogen-bond acceptors (Lipinski definition) is 4. The number of rotatable bonds is 6. The first-order valence-corrected chi connectivity index (χ1v) is 12.7. The molecule has 0 radical (unpaired) electrons. The number of amides is 3. The Bertz CT molecular complexity index is 1350. The largest absolute Gasteiger partial charge is 0.350 e. The molecule has 0 bridgehead atoms. The van der Waals surface area contributed by atoms with Crippen LogP contribution in [-0.4, -0.2) is 48.8 Å². The van der Waals surface area contributed by atoms with E-state index in [1.807, 2.05) is 30.0 Å². The van der Waals surface area contributed by atoms with Gasteiger partial charge in [0, 0.05) is 16.8 Å². The molecule has 3 aromatic rings. The Morgan fingerprint density at radius 3 is 2.19 bits per heavy atom. The fourth-order valence-electron chi connectivity index (χ4n) is 4.65. The van der Waals surface area contributed by atoms with Gasteiger partial charge >= 0.3 is 0 Å². The van der Waals surface area contributed by atoms with Crippen molar-refractivity contribution in [3.63, 3.8) is 0 Å². The molecule has 1 saturated heterocycles. The molecular weight excluding hydrogens is 488 g/mol. The number of carbonyl (C=O) groups is 3. The maximum Gasteiger partial charge on any atom is 0.283 e. The molecule has 3 aromatic carbocycles. The molecule has 0 unspecified atom stereocenters. The van der Waals surface area contributed by atoms with E-state index < -0.39 is 11.8 Å². The number of nitrogens with one attached hydrogen (secondary N) is 2. The summed E-state index contributed by atoms with van der Waals surface area (Å²) in [5, 5.41) is 2.80. The standard InChI is InChI=1S/C29H27ClN4O3/c1-20-7-13-24(14-8-20)34-28(36)25(30)26(29(34)37)31-23-11-9-22(10-12-23)27(35)33-17-15-32(16-18-33)19-21-5-3-2-4-6-21/h2-14,31H,15-19H2,1H3/p+1. The third kappa shape index (κ3) is 5.28. The van der Waals surface area contributed by atoms with Gasteiger partial charge in [-0.25, -0.2) is 4.90 Å². The summed E-state index contributed by atoms with van der Waals surface area (Å²) in [5.41, 5.74) is 3.94. The first-order valence-electron chi connectivity index (χ1n) is 12.3. The number of quaternary nitrogens is 1. The van der Waals surface area contributed by atoms with Gasteiger partial charge in [-0.2, -0.15) is 0 Å². The van der Waals surface area contributed by atoms with E-state index in [9.17, 15) is 14.4 Å². The SMILES string of the molecule is Cc1ccc(N2C(=O)C(Cl)=C(Nc3ccc(C(=O)N4CC[NH+](Cc5ccccc5)CC4)cc3)C2=O)cc1. The maximum atomic E-state index is 13.1. The van der Waals surface area contributed by atoms with E-state index in [-0.39, 0.29) is 16.6 Å². The lowest BCUT2D eigenvalue weighted by Crippen LogP contribution is -3.13. The molecule has 3 amide bonds. The van der Waals surface area contributed by atoms with Crippen molar-refractivity contribution in [1.82, 2.24) is 4.90 Å². The number of benzene rings is 3. The topological polar surface area (TPSA) is 74.2 Å². The van der Waals surface area contributed by atoms with Crippen LogP contribution in [0.15, 0.2) is 89.6 Å². The number of aryl methyl sites for hydroxylation is 1. The Hall–Kier alpha value is -3.94. The predicted molar refractivity (Wildman–Crippen MR) is 143 cm³/mol. The van der Waals surface area contributed by atoms with Crippen LogP contribution in [0.4, 0.5) is 11.4 Å². The second kappa shape index (κ2) is 10.6. The normalized spacial score (nSPS) is 16.5. The monoisotopic (exact) mass is 515 g/mol. The predicted octanol–water partition coefficient (Wildman–Crippen LogP) is 2.97. The fraction of sp³-hybridized carbons (Fsp3) is 0.207. The highest BCUT2D eigenvalue weighted by molar-refractivity contribution is 6.53. The average molecular weight is 516 g/mol. The number of nitrogens with zero attached hydrogens (tertiary/aromatic N) is 2. The van der Waals surface area contributed by atoms with E-state index in [1.54, 1.807) is 36.4 Å². The van der Waals surface area contributed by atoms with Crippen LogP contribution in [0.2, 0.25) is 0 Å². The minimum Gasteiger partial charge on any atom is -0.350 e. The van der Waals surface area contributed by atoms with Crippen molar-refractivity contribution >= 4 is 40.7 Å². The second-order valence-corrected chi connectivity index (χ2v) is 9.76. The fourth-order valence-corrected chi connectivity index (χ4v) is 4.86. The van der Waals surface area contributed by atoms with Gasteiger partial charge in [0.25, 0.3) is 17.7 Å². The number of piperazine rings is 1. The summed E-state index contributed by atoms with van der Waals surface area (Å²) in [4.78, 5) is 43.1. The lowest BCUT2D eigenvalue weighted by Gasteiger charge is -2.32. The van der Waals surface area contributed by atoms with Crippen molar-refractivity contribution in [2.45, 2.75) is 13.5 Å². The van der Waals surface area contributed by atoms with Crippen molar-refractivity contribution in [1.29, 1.82) is 0 Å². The molecule has 1 fully saturated rings. The lowest BCUT2D eigenvalue weighted by atomic mass is 10.1. The van der Waals surface area contributed by atoms with Gasteiger partial charge in [0.05, 0.1) is 31.9 Å². The molecule has 2 aliphatic rings. The Morgan fingerprint density at radius 1 is 0.892 bits per heavy atom. The van der Waals surface area contributed by atoms with Gasteiger partial charge in [-0.05, 0) is 43.3 Å². The Morgan fingerprint density at radius 2 is 1.54 bits per heavy atom. The van der Waals surface area contributed by atoms with Crippen LogP contribution < -0.4 is 15.1 Å². The molecule has 0 aromatic heterocycles. The van der Waals surface area contributed by atoms with Crippen molar-refractivity contribution < 1.29 is 19.3 Å². The smallest absolute Gasteiger partial charge is 0.283 e. The number of anilines is 2. The molecule has 2 aliphatic heterocycles. The van der Waals surface area contributed by atoms with Crippen LogP contribution in [-0.2, 0) is 16.1 Å². The molecule has 0 spiro atoms. The van der Waals surface area contributed by atoms with Crippen LogP contribution in [0.1, 0.15) is 21.5 Å². The third-order valence-electron chi connectivity index (χ3n) is 6.78. The summed E-state index contributed by atoms with van der Waals surface area (Å²) in [7, 11) is 0. The molecule has 0 atom stereocenters. The van der Waals surface area contributed by atoms with E-state index >= 15 is 0 Å². The van der Waals surface area contributed by atoms with Gasteiger partial charge in [-0.1, -0.05) is 59.6 Å². The average Bonchev–Trinajstić information content (AvgIpc) is 3.13. The minimum absolute atomic E-state index is 0.0137. The molecule has 7 nitrogen and oxygen atoms in total. The highest BCUT2D eigenvalue weighted by atomic mass is 35.5. The van der Waals surface area contributed by atoms with Gasteiger partial charge in [0.2, 0.25) is 0 Å². The summed E-state index contributed by atoms with van der Waals surface area (Å²) < 4.78 is 0. The van der Waals surface area contributed by atoms with Gasteiger partial charge in [-0.3, -0.25) is 14.4 Å². The molecule has 8 heteroatoms. The zero-order valence-corrected chi connectivity index (χ0v) is 21.3. The number of hydrogen-bond donors (Lipinski definition) is 2. The minimum atomic E-state index is -0.571. The number of imide groups is 1. The molecule has 2 heterocycles. The summed E-state index contributed by atoms with van der Waals surface area (Å²) in [6.07, 6.45) is 0. The molecule has 2 N–H and O–H groups in total. The molecule has 188 valence electrons. The first kappa shape index (κ1) is 24.7. The number of halogens is 1. The zero-order valence-electron chi connectivity index (χ0n) is 20.5. The second-order valence-electron chi connectivity index (χ2n) is 9.38. The van der Waals surface area contributed by atoms with Gasteiger partial charge < -0.3 is 15.1 Å². The summed E-state index contributed by atoms with van der Waals surface area (Å²) >= 11 is 6.24. The zero-order chi connectivity index (χ0) is 25.9. The van der Waals surface area contributed by atoms with Gasteiger partial charge in [-0.15, -0.1) is 0 Å². The molecule has 37 heavy (non-hydrogen) atoms. The molecular formula is C29H28ClN4O3+. The van der Waals surface area contributed by atoms with Gasteiger partial charge in [0.15, 0.2) is 0 Å². The molecule has 0 saturated carbocycles. The van der Waals surface area contributed by atoms with Crippen molar-refractivity contribution in [2.75, 3.05) is 36.4 Å². The van der Waals surface area contributed by atoms with E-state index in [1.165, 1.54) is 10.5 Å². The van der Waals surface area contributed by atoms with E-state index in [0.717, 1.165) is 30.1 Å². The highest BCUT2D eigenvalue weighted by Crippen LogP contribution is 2.30. The van der Waals surface area contributed by atoms with Gasteiger partial charge in [0.1, 0.15) is 17.3 Å². The van der Waals surface area contributed by atoms with Crippen LogP contribution in [0, 0.1) is 6.92 Å². The van der Waals surface area contributed by atoms with Crippen molar-refractivity contribution in [3.05, 3.63) is 106 Å². The molecule has 5 rings (SSSR count). The third-order valence-corrected chi connectivity index (χ3v) is 7.13. The van der Waals surface area contributed by atoms with E-state index in [2.05, 4.69) is 29.6 Å². The van der Waals surface area contributed by atoms with E-state index in [4.69, 9.17) is 11.6 Å². The van der Waals surface area contributed by atoms with Crippen molar-refractivity contribution in [2.24, 2.45) is 0 Å². The molecule has 0 aliphatic carbocycles. The lowest BCUT2D eigenvalue weighted by molar-refractivity contribution is -0.917. The van der Waals surface area contributed by atoms with Crippen LogP contribution in [0.5, 0.6) is 0 Å². The first-order chi connectivity index (χ1) is 17.9. The van der Waals surface area contributed by atoms with Crippen LogP contribution in [0.25, 0.3) is 0 Å². The quantitative estimate of drug-likeness (QED) is 0.495. The summed E-state index contributed by atoms with van der Waals surface area (Å²) in [6, 6.07) is 24.4. The number of carbonyl (C=O) groups excluding carboxylic acids is 3. The maximum absolute atomic E-state index is 13.1. The Kier molecular flexibility index (Phi) is 7.08. The highest BCUT2D eigenvalue weighted by Gasteiger charge is 2.39. The van der Waals surface area contributed by atoms with Crippen molar-refractivity contribution in [3.8, 4) is 0 Å². The van der Waals surface area contributed by atoms with Crippen LogP contribution in [0.3, 0.4) is 0 Å². The summed E-state index contributed by atoms with van der Waals surface area (Å²) in [5.74, 6) is -1.10.